The molecule has 3 nitrogen and oxygen atoms in total. The first kappa shape index (κ1) is 19.5. The molecule has 4 aliphatic carbocycles. The molecule has 4 rings (SSSR count). The molecule has 4 aliphatic rings. The van der Waals surface area contributed by atoms with Crippen LogP contribution in [0.4, 0.5) is 0 Å². The maximum absolute atomic E-state index is 11.9. The normalized spacial score (nSPS) is 38.8. The van der Waals surface area contributed by atoms with E-state index in [2.05, 4.69) is 32.0 Å². The second kappa shape index (κ2) is 7.21. The van der Waals surface area contributed by atoms with E-state index < -0.39 is 0 Å². The number of hydrogen-bond donors (Lipinski definition) is 0. The van der Waals surface area contributed by atoms with E-state index in [1.165, 1.54) is 12.0 Å². The van der Waals surface area contributed by atoms with Crippen molar-refractivity contribution in [3.63, 3.8) is 0 Å². The first-order valence-electron chi connectivity index (χ1n) is 11.0. The Morgan fingerprint density at radius 2 is 2.07 bits per heavy atom. The Morgan fingerprint density at radius 1 is 1.25 bits per heavy atom. The first-order valence-corrected chi connectivity index (χ1v) is 11.0. The lowest BCUT2D eigenvalue weighted by Gasteiger charge is -2.53. The van der Waals surface area contributed by atoms with Gasteiger partial charge in [-0.15, -0.1) is 0 Å². The average molecular weight is 381 g/mol. The average Bonchev–Trinajstić information content (AvgIpc) is 2.99. The number of fused-ring (bicyclic) bond motifs is 5. The molecule has 0 bridgehead atoms. The predicted octanol–water partition coefficient (Wildman–Crippen LogP) is 5.36. The summed E-state index contributed by atoms with van der Waals surface area (Å²) in [4.78, 5) is 23.5. The molecule has 0 N–H and O–H groups in total. The number of carbonyl (C=O) groups is 2. The van der Waals surface area contributed by atoms with E-state index in [4.69, 9.17) is 4.74 Å². The number of carbonyl (C=O) groups excluding carboxylic acids is 2. The molecule has 0 heterocycles. The standard InChI is InChI=1S/C25H32O3/c1-4-5-23(27)28-15-12-17-7-9-21-20-8-6-18-16-19(26)10-13-25(18,3)22(20)11-14-24(17,21)2/h11,16-17,20-21H,4-10,13-14H2,1-3H3/t17-,20-,21-,24+,25-/m0/s1. The van der Waals surface area contributed by atoms with Crippen LogP contribution in [0.3, 0.4) is 0 Å². The molecule has 5 atom stereocenters. The van der Waals surface area contributed by atoms with Crippen molar-refractivity contribution in [1.82, 2.24) is 0 Å². The van der Waals surface area contributed by atoms with Crippen molar-refractivity contribution in [2.75, 3.05) is 0 Å². The zero-order valence-corrected chi connectivity index (χ0v) is 17.5. The van der Waals surface area contributed by atoms with E-state index >= 15 is 0 Å². The Bertz CT molecular complexity index is 807. The SMILES string of the molecule is CCCC(=O)OC#C[C@@H]1CC[C@H]2[C@@H]3CCC4=CC(=O)CC[C@]4(C)C3=CC[C@]12C. The van der Waals surface area contributed by atoms with Crippen LogP contribution in [0.5, 0.6) is 0 Å². The lowest BCUT2D eigenvalue weighted by atomic mass is 9.51. The summed E-state index contributed by atoms with van der Waals surface area (Å²) in [6.45, 7) is 6.73. The van der Waals surface area contributed by atoms with E-state index in [9.17, 15) is 9.59 Å². The van der Waals surface area contributed by atoms with Gasteiger partial charge in [-0.1, -0.05) is 43.9 Å². The highest BCUT2D eigenvalue weighted by atomic mass is 16.5. The first-order chi connectivity index (χ1) is 13.4. The van der Waals surface area contributed by atoms with Gasteiger partial charge < -0.3 is 4.74 Å². The van der Waals surface area contributed by atoms with Crippen LogP contribution in [0.1, 0.15) is 78.6 Å². The van der Waals surface area contributed by atoms with Crippen LogP contribution in [0.2, 0.25) is 0 Å². The second-order valence-corrected chi connectivity index (χ2v) is 9.69. The molecule has 3 heteroatoms. The number of hydrogen-bond acceptors (Lipinski definition) is 3. The zero-order valence-electron chi connectivity index (χ0n) is 17.5. The summed E-state index contributed by atoms with van der Waals surface area (Å²) in [7, 11) is 0. The molecular formula is C25H32O3. The molecule has 0 aliphatic heterocycles. The van der Waals surface area contributed by atoms with Crippen LogP contribution >= 0.6 is 0 Å². The van der Waals surface area contributed by atoms with Crippen LogP contribution in [-0.4, -0.2) is 11.8 Å². The lowest BCUT2D eigenvalue weighted by Crippen LogP contribution is -2.44. The number of esters is 1. The third-order valence-corrected chi connectivity index (χ3v) is 8.19. The summed E-state index contributed by atoms with van der Waals surface area (Å²) in [5.74, 6) is 4.95. The van der Waals surface area contributed by atoms with Crippen LogP contribution in [0.25, 0.3) is 0 Å². The van der Waals surface area contributed by atoms with Gasteiger partial charge in [0.1, 0.15) is 6.11 Å². The summed E-state index contributed by atoms with van der Waals surface area (Å²) < 4.78 is 5.12. The minimum atomic E-state index is -0.216. The Hall–Kier alpha value is -1.82. The van der Waals surface area contributed by atoms with Crippen molar-refractivity contribution in [3.05, 3.63) is 23.3 Å². The number of rotatable bonds is 2. The highest BCUT2D eigenvalue weighted by Gasteiger charge is 2.55. The minimum Gasteiger partial charge on any atom is -0.372 e. The summed E-state index contributed by atoms with van der Waals surface area (Å²) in [5, 5.41) is 0. The van der Waals surface area contributed by atoms with Crippen LogP contribution in [-0.2, 0) is 14.3 Å². The topological polar surface area (TPSA) is 43.4 Å². The van der Waals surface area contributed by atoms with Crippen molar-refractivity contribution < 1.29 is 14.3 Å². The molecule has 0 radical (unpaired) electrons. The third kappa shape index (κ3) is 3.06. The van der Waals surface area contributed by atoms with Gasteiger partial charge in [-0.25, -0.2) is 0 Å². The van der Waals surface area contributed by atoms with Gasteiger partial charge in [0.25, 0.3) is 0 Å². The molecule has 28 heavy (non-hydrogen) atoms. The van der Waals surface area contributed by atoms with E-state index in [1.807, 2.05) is 13.0 Å². The fourth-order valence-electron chi connectivity index (χ4n) is 6.51. The van der Waals surface area contributed by atoms with E-state index in [0.29, 0.717) is 36.4 Å². The maximum atomic E-state index is 11.9. The molecule has 0 aromatic heterocycles. The Morgan fingerprint density at radius 3 is 2.86 bits per heavy atom. The minimum absolute atomic E-state index is 0.0948. The Labute approximate surface area is 169 Å². The van der Waals surface area contributed by atoms with Crippen molar-refractivity contribution >= 4 is 11.8 Å². The van der Waals surface area contributed by atoms with Gasteiger partial charge in [0.05, 0.1) is 0 Å². The summed E-state index contributed by atoms with van der Waals surface area (Å²) in [6.07, 6.45) is 15.6. The van der Waals surface area contributed by atoms with Gasteiger partial charge in [0.2, 0.25) is 0 Å². The van der Waals surface area contributed by atoms with Crippen molar-refractivity contribution in [2.45, 2.75) is 78.6 Å². The number of ketones is 1. The summed E-state index contributed by atoms with van der Waals surface area (Å²) >= 11 is 0. The molecule has 0 aromatic rings. The smallest absolute Gasteiger partial charge is 0.319 e. The highest BCUT2D eigenvalue weighted by Crippen LogP contribution is 2.64. The van der Waals surface area contributed by atoms with Gasteiger partial charge >= 0.3 is 5.97 Å². The second-order valence-electron chi connectivity index (χ2n) is 9.69. The number of allylic oxidation sites excluding steroid dienone is 4. The molecule has 2 saturated carbocycles. The quantitative estimate of drug-likeness (QED) is 0.368. The van der Waals surface area contributed by atoms with Crippen molar-refractivity contribution in [2.24, 2.45) is 28.6 Å². The molecule has 0 aromatic carbocycles. The van der Waals surface area contributed by atoms with Gasteiger partial charge in [-0.2, -0.15) is 0 Å². The van der Waals surface area contributed by atoms with Crippen LogP contribution < -0.4 is 0 Å². The zero-order chi connectivity index (χ0) is 19.9. The Balaban J connectivity index is 1.56. The summed E-state index contributed by atoms with van der Waals surface area (Å²) in [6, 6.07) is 0. The lowest BCUT2D eigenvalue weighted by molar-refractivity contribution is -0.136. The Kier molecular flexibility index (Phi) is 5.02. The third-order valence-electron chi connectivity index (χ3n) is 8.19. The van der Waals surface area contributed by atoms with Gasteiger partial charge in [-0.05, 0) is 68.3 Å². The molecule has 2 fully saturated rings. The van der Waals surface area contributed by atoms with Crippen LogP contribution in [0.15, 0.2) is 23.3 Å². The van der Waals surface area contributed by atoms with Gasteiger partial charge in [-0.3, -0.25) is 9.59 Å². The molecular weight excluding hydrogens is 348 g/mol. The molecule has 0 spiro atoms. The highest BCUT2D eigenvalue weighted by molar-refractivity contribution is 5.92. The molecule has 0 saturated heterocycles. The number of ether oxygens (including phenoxy) is 1. The molecule has 0 amide bonds. The fraction of sp³-hybridized carbons (Fsp3) is 0.680. The molecule has 150 valence electrons. The van der Waals surface area contributed by atoms with Crippen molar-refractivity contribution in [3.8, 4) is 12.0 Å². The van der Waals surface area contributed by atoms with Crippen molar-refractivity contribution in [1.29, 1.82) is 0 Å². The van der Waals surface area contributed by atoms with Gasteiger partial charge in [0.15, 0.2) is 5.78 Å². The van der Waals surface area contributed by atoms with E-state index in [0.717, 1.165) is 38.5 Å². The fourth-order valence-corrected chi connectivity index (χ4v) is 6.51. The largest absolute Gasteiger partial charge is 0.372 e. The predicted molar refractivity (Wildman–Crippen MR) is 109 cm³/mol. The van der Waals surface area contributed by atoms with Gasteiger partial charge in [0, 0.05) is 24.2 Å². The summed E-state index contributed by atoms with van der Waals surface area (Å²) in [5.41, 5.74) is 3.23. The van der Waals surface area contributed by atoms with Crippen LogP contribution in [0, 0.1) is 40.6 Å². The monoisotopic (exact) mass is 380 g/mol. The van der Waals surface area contributed by atoms with E-state index in [1.54, 1.807) is 5.57 Å². The van der Waals surface area contributed by atoms with E-state index in [-0.39, 0.29) is 16.8 Å². The molecule has 0 unspecified atom stereocenters. The maximum Gasteiger partial charge on any atom is 0.319 e.